The summed E-state index contributed by atoms with van der Waals surface area (Å²) < 4.78 is 0. The van der Waals surface area contributed by atoms with Crippen molar-refractivity contribution in [3.05, 3.63) is 0 Å². The number of amides is 1. The first-order chi connectivity index (χ1) is 6.47. The smallest absolute Gasteiger partial charge is 0.236 e. The van der Waals surface area contributed by atoms with Crippen molar-refractivity contribution in [2.45, 2.75) is 52.1 Å². The molecule has 2 atom stereocenters. The van der Waals surface area contributed by atoms with Gasteiger partial charge in [0.2, 0.25) is 5.91 Å². The van der Waals surface area contributed by atoms with Crippen LogP contribution in [0.5, 0.6) is 0 Å². The summed E-state index contributed by atoms with van der Waals surface area (Å²) in [5, 5.41) is 6.07. The average Bonchev–Trinajstić information content (AvgIpc) is 2.44. The molecule has 1 rings (SSSR count). The minimum atomic E-state index is -0.0811. The number of hydrogen-bond acceptors (Lipinski definition) is 2. The van der Waals surface area contributed by atoms with Gasteiger partial charge < -0.3 is 10.6 Å². The molecular weight excluding hydrogens is 176 g/mol. The first kappa shape index (κ1) is 11.5. The average molecular weight is 198 g/mol. The lowest BCUT2D eigenvalue weighted by atomic mass is 9.87. The maximum Gasteiger partial charge on any atom is 0.236 e. The van der Waals surface area contributed by atoms with E-state index in [9.17, 15) is 4.79 Å². The topological polar surface area (TPSA) is 41.1 Å². The molecule has 2 N–H and O–H groups in total. The van der Waals surface area contributed by atoms with Crippen LogP contribution >= 0.6 is 0 Å². The summed E-state index contributed by atoms with van der Waals surface area (Å²) in [6.07, 6.45) is 3.71. The van der Waals surface area contributed by atoms with E-state index in [1.165, 1.54) is 19.3 Å². The van der Waals surface area contributed by atoms with E-state index in [2.05, 4.69) is 24.5 Å². The van der Waals surface area contributed by atoms with E-state index in [4.69, 9.17) is 0 Å². The lowest BCUT2D eigenvalue weighted by Crippen LogP contribution is -2.49. The van der Waals surface area contributed by atoms with Gasteiger partial charge in [0.15, 0.2) is 0 Å². The molecule has 0 heterocycles. The van der Waals surface area contributed by atoms with E-state index in [0.29, 0.717) is 11.5 Å². The molecule has 82 valence electrons. The third-order valence-corrected chi connectivity index (χ3v) is 3.35. The van der Waals surface area contributed by atoms with Crippen LogP contribution in [0.2, 0.25) is 0 Å². The predicted octanol–water partition coefficient (Wildman–Crippen LogP) is 1.29. The zero-order valence-corrected chi connectivity index (χ0v) is 9.68. The minimum Gasteiger partial charge on any atom is -0.358 e. The van der Waals surface area contributed by atoms with E-state index in [0.717, 1.165) is 0 Å². The Labute approximate surface area is 86.6 Å². The van der Waals surface area contributed by atoms with Gasteiger partial charge in [0, 0.05) is 13.1 Å². The zero-order valence-electron chi connectivity index (χ0n) is 9.68. The fourth-order valence-electron chi connectivity index (χ4n) is 2.23. The molecule has 1 unspecified atom stereocenters. The molecule has 0 aromatic carbocycles. The van der Waals surface area contributed by atoms with Crippen molar-refractivity contribution in [3.63, 3.8) is 0 Å². The number of nitrogens with one attached hydrogen (secondary N) is 2. The molecule has 3 heteroatoms. The number of carbonyl (C=O) groups is 1. The molecule has 3 nitrogen and oxygen atoms in total. The maximum absolute atomic E-state index is 11.3. The van der Waals surface area contributed by atoms with Gasteiger partial charge in [-0.3, -0.25) is 4.79 Å². The second-order valence-corrected chi connectivity index (χ2v) is 4.94. The summed E-state index contributed by atoms with van der Waals surface area (Å²) in [5.74, 6) is 0.0766. The fraction of sp³-hybridized carbons (Fsp3) is 0.909. The highest BCUT2D eigenvalue weighted by Gasteiger charge is 2.35. The van der Waals surface area contributed by atoms with Crippen molar-refractivity contribution in [1.29, 1.82) is 0 Å². The van der Waals surface area contributed by atoms with Crippen LogP contribution in [0.25, 0.3) is 0 Å². The Morgan fingerprint density at radius 3 is 2.57 bits per heavy atom. The molecule has 0 aromatic heterocycles. The molecule has 0 bridgehead atoms. The molecule has 0 aromatic rings. The highest BCUT2D eigenvalue weighted by Crippen LogP contribution is 2.37. The van der Waals surface area contributed by atoms with E-state index in [-0.39, 0.29) is 11.9 Å². The van der Waals surface area contributed by atoms with Crippen molar-refractivity contribution in [2.75, 3.05) is 7.05 Å². The van der Waals surface area contributed by atoms with Crippen LogP contribution in [0.3, 0.4) is 0 Å². The number of hydrogen-bond donors (Lipinski definition) is 2. The lowest BCUT2D eigenvalue weighted by molar-refractivity contribution is -0.122. The van der Waals surface area contributed by atoms with Gasteiger partial charge in [-0.1, -0.05) is 20.3 Å². The zero-order chi connectivity index (χ0) is 10.8. The van der Waals surface area contributed by atoms with Crippen LogP contribution in [0.4, 0.5) is 0 Å². The Balaban J connectivity index is 2.48. The highest BCUT2D eigenvalue weighted by atomic mass is 16.2. The Hall–Kier alpha value is -0.570. The number of rotatable bonds is 3. The predicted molar refractivity (Wildman–Crippen MR) is 58.1 cm³/mol. The molecule has 1 aliphatic rings. The van der Waals surface area contributed by atoms with Crippen molar-refractivity contribution < 1.29 is 4.79 Å². The van der Waals surface area contributed by atoms with Crippen LogP contribution in [0.15, 0.2) is 0 Å². The summed E-state index contributed by atoms with van der Waals surface area (Å²) >= 11 is 0. The minimum absolute atomic E-state index is 0.0766. The first-order valence-electron chi connectivity index (χ1n) is 5.45. The quantitative estimate of drug-likeness (QED) is 0.717. The molecule has 0 spiro atoms. The maximum atomic E-state index is 11.3. The van der Waals surface area contributed by atoms with Crippen molar-refractivity contribution in [2.24, 2.45) is 5.41 Å². The molecule has 1 amide bonds. The van der Waals surface area contributed by atoms with Gasteiger partial charge in [0.25, 0.3) is 0 Å². The summed E-state index contributed by atoms with van der Waals surface area (Å²) in [5.41, 5.74) is 0.336. The molecule has 0 aliphatic heterocycles. The van der Waals surface area contributed by atoms with Crippen molar-refractivity contribution >= 4 is 5.91 Å². The van der Waals surface area contributed by atoms with Crippen LogP contribution < -0.4 is 10.6 Å². The van der Waals surface area contributed by atoms with E-state index < -0.39 is 0 Å². The molecule has 14 heavy (non-hydrogen) atoms. The Bertz CT molecular complexity index is 213. The Morgan fingerprint density at radius 2 is 2.14 bits per heavy atom. The second kappa shape index (κ2) is 4.30. The largest absolute Gasteiger partial charge is 0.358 e. The van der Waals surface area contributed by atoms with E-state index >= 15 is 0 Å². The van der Waals surface area contributed by atoms with Gasteiger partial charge >= 0.3 is 0 Å². The molecule has 1 aliphatic carbocycles. The summed E-state index contributed by atoms with van der Waals surface area (Å²) in [6, 6.07) is 0.400. The highest BCUT2D eigenvalue weighted by molar-refractivity contribution is 5.80. The first-order valence-corrected chi connectivity index (χ1v) is 5.45. The van der Waals surface area contributed by atoms with Gasteiger partial charge in [0.05, 0.1) is 6.04 Å². The summed E-state index contributed by atoms with van der Waals surface area (Å²) in [4.78, 5) is 11.3. The third-order valence-electron chi connectivity index (χ3n) is 3.35. The van der Waals surface area contributed by atoms with Gasteiger partial charge in [-0.25, -0.2) is 0 Å². The lowest BCUT2D eigenvalue weighted by Gasteiger charge is -2.30. The van der Waals surface area contributed by atoms with Gasteiger partial charge in [0.1, 0.15) is 0 Å². The normalized spacial score (nSPS) is 27.3. The van der Waals surface area contributed by atoms with Crippen molar-refractivity contribution in [1.82, 2.24) is 10.6 Å². The van der Waals surface area contributed by atoms with Gasteiger partial charge in [-0.15, -0.1) is 0 Å². The van der Waals surface area contributed by atoms with Crippen LogP contribution in [-0.4, -0.2) is 25.0 Å². The van der Waals surface area contributed by atoms with Crippen LogP contribution in [0.1, 0.15) is 40.0 Å². The monoisotopic (exact) mass is 198 g/mol. The summed E-state index contributed by atoms with van der Waals surface area (Å²) in [7, 11) is 1.68. The Morgan fingerprint density at radius 1 is 1.50 bits per heavy atom. The molecule has 1 fully saturated rings. The standard InChI is InChI=1S/C11H22N2O/c1-8(10(14)12-4)13-9-6-5-7-11(9,2)3/h8-9,13H,5-7H2,1-4H3,(H,12,14)/t8-,9?/m1/s1. The summed E-state index contributed by atoms with van der Waals surface area (Å²) in [6.45, 7) is 6.47. The van der Waals surface area contributed by atoms with E-state index in [1.54, 1.807) is 7.05 Å². The van der Waals surface area contributed by atoms with Crippen molar-refractivity contribution in [3.8, 4) is 0 Å². The molecular formula is C11H22N2O. The molecule has 0 radical (unpaired) electrons. The second-order valence-electron chi connectivity index (χ2n) is 4.94. The molecule has 1 saturated carbocycles. The van der Waals surface area contributed by atoms with Crippen LogP contribution in [-0.2, 0) is 4.79 Å². The number of carbonyl (C=O) groups excluding carboxylic acids is 1. The van der Waals surface area contributed by atoms with Gasteiger partial charge in [-0.05, 0) is 25.2 Å². The van der Waals surface area contributed by atoms with Crippen LogP contribution in [0, 0.1) is 5.41 Å². The van der Waals surface area contributed by atoms with Gasteiger partial charge in [-0.2, -0.15) is 0 Å². The third kappa shape index (κ3) is 2.47. The molecule has 0 saturated heterocycles. The Kier molecular flexibility index (Phi) is 3.53. The number of likely N-dealkylation sites (N-methyl/N-ethyl adjacent to an activating group) is 1. The fourth-order valence-corrected chi connectivity index (χ4v) is 2.23. The SMILES string of the molecule is CNC(=O)[C@@H](C)NC1CCCC1(C)C. The van der Waals surface area contributed by atoms with E-state index in [1.807, 2.05) is 6.92 Å².